The largest absolute Gasteiger partial charge is 0.494 e. The molecule has 0 radical (unpaired) electrons. The number of hydrogen-bond donors (Lipinski definition) is 1. The van der Waals surface area contributed by atoms with Gasteiger partial charge in [0.25, 0.3) is 5.91 Å². The summed E-state index contributed by atoms with van der Waals surface area (Å²) in [6.07, 6.45) is 1.70. The van der Waals surface area contributed by atoms with Gasteiger partial charge in [0.2, 0.25) is 0 Å². The molecule has 1 saturated heterocycles. The molecule has 6 heteroatoms. The molecule has 1 aliphatic rings. The van der Waals surface area contributed by atoms with E-state index in [9.17, 15) is 4.79 Å². The van der Waals surface area contributed by atoms with E-state index >= 15 is 0 Å². The minimum atomic E-state index is -0.134. The number of aromatic nitrogens is 1. The number of piperazine rings is 1. The SMILES string of the molecule is CCOc1ccc(NC(=O)c2ccnc(N3CCN(CC)CC3)c2)cc1. The highest BCUT2D eigenvalue weighted by Crippen LogP contribution is 2.18. The monoisotopic (exact) mass is 354 g/mol. The van der Waals surface area contributed by atoms with Crippen molar-refractivity contribution in [2.24, 2.45) is 0 Å². The van der Waals surface area contributed by atoms with Crippen molar-refractivity contribution in [3.05, 3.63) is 48.2 Å². The van der Waals surface area contributed by atoms with Gasteiger partial charge < -0.3 is 19.9 Å². The summed E-state index contributed by atoms with van der Waals surface area (Å²) < 4.78 is 5.42. The Morgan fingerprint density at radius 2 is 1.85 bits per heavy atom. The van der Waals surface area contributed by atoms with E-state index in [1.165, 1.54) is 0 Å². The smallest absolute Gasteiger partial charge is 0.255 e. The molecule has 6 nitrogen and oxygen atoms in total. The van der Waals surface area contributed by atoms with Gasteiger partial charge in [0.05, 0.1) is 6.61 Å². The Labute approximate surface area is 154 Å². The minimum Gasteiger partial charge on any atom is -0.494 e. The quantitative estimate of drug-likeness (QED) is 0.864. The molecule has 2 aromatic rings. The van der Waals surface area contributed by atoms with Gasteiger partial charge in [0, 0.05) is 43.6 Å². The summed E-state index contributed by atoms with van der Waals surface area (Å²) in [5, 5.41) is 2.92. The van der Waals surface area contributed by atoms with Gasteiger partial charge >= 0.3 is 0 Å². The van der Waals surface area contributed by atoms with E-state index < -0.39 is 0 Å². The van der Waals surface area contributed by atoms with Gasteiger partial charge in [0.15, 0.2) is 0 Å². The zero-order chi connectivity index (χ0) is 18.4. The highest BCUT2D eigenvalue weighted by molar-refractivity contribution is 6.04. The number of hydrogen-bond acceptors (Lipinski definition) is 5. The number of likely N-dealkylation sites (N-methyl/N-ethyl adjacent to an activating group) is 1. The van der Waals surface area contributed by atoms with Crippen molar-refractivity contribution in [3.8, 4) is 5.75 Å². The summed E-state index contributed by atoms with van der Waals surface area (Å²) in [5.74, 6) is 1.52. The first-order chi connectivity index (χ1) is 12.7. The number of rotatable bonds is 6. The van der Waals surface area contributed by atoms with Gasteiger partial charge in [-0.25, -0.2) is 4.98 Å². The summed E-state index contributed by atoms with van der Waals surface area (Å²) in [6, 6.07) is 11.0. The fraction of sp³-hybridized carbons (Fsp3) is 0.400. The Hall–Kier alpha value is -2.60. The molecule has 0 aliphatic carbocycles. The van der Waals surface area contributed by atoms with Crippen LogP contribution in [0.5, 0.6) is 5.75 Å². The van der Waals surface area contributed by atoms with Crippen molar-refractivity contribution in [2.45, 2.75) is 13.8 Å². The highest BCUT2D eigenvalue weighted by atomic mass is 16.5. The summed E-state index contributed by atoms with van der Waals surface area (Å²) in [6.45, 7) is 9.75. The van der Waals surface area contributed by atoms with E-state index in [1.54, 1.807) is 12.3 Å². The van der Waals surface area contributed by atoms with Crippen molar-refractivity contribution in [3.63, 3.8) is 0 Å². The molecule has 0 bridgehead atoms. The molecule has 1 fully saturated rings. The first-order valence-corrected chi connectivity index (χ1v) is 9.17. The second kappa shape index (κ2) is 8.67. The average molecular weight is 354 g/mol. The number of nitrogens with zero attached hydrogens (tertiary/aromatic N) is 3. The summed E-state index contributed by atoms with van der Waals surface area (Å²) >= 11 is 0. The summed E-state index contributed by atoms with van der Waals surface area (Å²) in [4.78, 5) is 21.7. The molecule has 26 heavy (non-hydrogen) atoms. The highest BCUT2D eigenvalue weighted by Gasteiger charge is 2.18. The number of amides is 1. The lowest BCUT2D eigenvalue weighted by molar-refractivity contribution is 0.102. The van der Waals surface area contributed by atoms with Gasteiger partial charge in [-0.15, -0.1) is 0 Å². The predicted molar refractivity (Wildman–Crippen MR) is 104 cm³/mol. The third kappa shape index (κ3) is 4.52. The van der Waals surface area contributed by atoms with Crippen molar-refractivity contribution in [1.82, 2.24) is 9.88 Å². The lowest BCUT2D eigenvalue weighted by atomic mass is 10.2. The minimum absolute atomic E-state index is 0.134. The van der Waals surface area contributed by atoms with Crippen molar-refractivity contribution in [2.75, 3.05) is 49.5 Å². The van der Waals surface area contributed by atoms with E-state index in [0.29, 0.717) is 12.2 Å². The van der Waals surface area contributed by atoms with E-state index in [1.807, 2.05) is 37.3 Å². The zero-order valence-electron chi connectivity index (χ0n) is 15.4. The molecule has 2 heterocycles. The first kappa shape index (κ1) is 18.2. The van der Waals surface area contributed by atoms with Crippen LogP contribution in [0.4, 0.5) is 11.5 Å². The number of carbonyl (C=O) groups excluding carboxylic acids is 1. The van der Waals surface area contributed by atoms with Crippen LogP contribution in [0.25, 0.3) is 0 Å². The van der Waals surface area contributed by atoms with Gasteiger partial charge in [-0.1, -0.05) is 6.92 Å². The Bertz CT molecular complexity index is 725. The molecule has 0 unspecified atom stereocenters. The van der Waals surface area contributed by atoms with E-state index in [0.717, 1.165) is 50.0 Å². The molecule has 1 amide bonds. The number of ether oxygens (including phenoxy) is 1. The zero-order valence-corrected chi connectivity index (χ0v) is 15.4. The van der Waals surface area contributed by atoms with E-state index in [2.05, 4.69) is 27.0 Å². The molecular weight excluding hydrogens is 328 g/mol. The Balaban J connectivity index is 1.64. The van der Waals surface area contributed by atoms with Crippen LogP contribution in [0.15, 0.2) is 42.6 Å². The van der Waals surface area contributed by atoms with Crippen LogP contribution in [0.1, 0.15) is 24.2 Å². The normalized spacial score (nSPS) is 14.9. The van der Waals surface area contributed by atoms with Crippen LogP contribution < -0.4 is 15.0 Å². The number of nitrogens with one attached hydrogen (secondary N) is 1. The van der Waals surface area contributed by atoms with Crippen LogP contribution in [0, 0.1) is 0 Å². The third-order valence-electron chi connectivity index (χ3n) is 4.57. The average Bonchev–Trinajstić information content (AvgIpc) is 2.70. The molecule has 1 N–H and O–H groups in total. The molecule has 0 spiro atoms. The van der Waals surface area contributed by atoms with Crippen molar-refractivity contribution in [1.29, 1.82) is 0 Å². The summed E-state index contributed by atoms with van der Waals surface area (Å²) in [7, 11) is 0. The second-order valence-corrected chi connectivity index (χ2v) is 6.24. The third-order valence-corrected chi connectivity index (χ3v) is 4.57. The Morgan fingerprint density at radius 3 is 2.50 bits per heavy atom. The molecular formula is C20H26N4O2. The van der Waals surface area contributed by atoms with Crippen LogP contribution >= 0.6 is 0 Å². The Morgan fingerprint density at radius 1 is 1.12 bits per heavy atom. The maximum atomic E-state index is 12.6. The van der Waals surface area contributed by atoms with Crippen LogP contribution in [-0.2, 0) is 0 Å². The van der Waals surface area contributed by atoms with E-state index in [4.69, 9.17) is 4.74 Å². The fourth-order valence-corrected chi connectivity index (χ4v) is 3.03. The van der Waals surface area contributed by atoms with Crippen LogP contribution in [0.3, 0.4) is 0 Å². The van der Waals surface area contributed by atoms with Crippen molar-refractivity contribution >= 4 is 17.4 Å². The van der Waals surface area contributed by atoms with Gasteiger partial charge in [-0.2, -0.15) is 0 Å². The Kier molecular flexibility index (Phi) is 6.07. The van der Waals surface area contributed by atoms with Crippen LogP contribution in [0.2, 0.25) is 0 Å². The lowest BCUT2D eigenvalue weighted by Crippen LogP contribution is -2.46. The second-order valence-electron chi connectivity index (χ2n) is 6.24. The number of pyridine rings is 1. The standard InChI is InChI=1S/C20H26N4O2/c1-3-23-11-13-24(14-12-23)19-15-16(9-10-21-19)20(25)22-17-5-7-18(8-6-17)26-4-2/h5-10,15H,3-4,11-14H2,1-2H3,(H,22,25). The van der Waals surface area contributed by atoms with Gasteiger partial charge in [-0.05, 0) is 49.9 Å². The maximum Gasteiger partial charge on any atom is 0.255 e. The molecule has 3 rings (SSSR count). The molecule has 1 aliphatic heterocycles. The first-order valence-electron chi connectivity index (χ1n) is 9.17. The molecule has 1 aromatic heterocycles. The number of carbonyl (C=O) groups is 1. The fourth-order valence-electron chi connectivity index (χ4n) is 3.03. The molecule has 0 saturated carbocycles. The van der Waals surface area contributed by atoms with Crippen molar-refractivity contribution < 1.29 is 9.53 Å². The predicted octanol–water partition coefficient (Wildman–Crippen LogP) is 2.87. The van der Waals surface area contributed by atoms with Crippen LogP contribution in [-0.4, -0.2) is 55.1 Å². The molecule has 1 aromatic carbocycles. The van der Waals surface area contributed by atoms with E-state index in [-0.39, 0.29) is 5.91 Å². The molecule has 138 valence electrons. The maximum absolute atomic E-state index is 12.6. The molecule has 0 atom stereocenters. The lowest BCUT2D eigenvalue weighted by Gasteiger charge is -2.34. The number of anilines is 2. The number of benzene rings is 1. The summed E-state index contributed by atoms with van der Waals surface area (Å²) in [5.41, 5.74) is 1.36. The van der Waals surface area contributed by atoms with Gasteiger partial charge in [0.1, 0.15) is 11.6 Å². The topological polar surface area (TPSA) is 57.7 Å². The van der Waals surface area contributed by atoms with Gasteiger partial charge in [-0.3, -0.25) is 4.79 Å².